The molecule has 0 spiro atoms. The smallest absolute Gasteiger partial charge is 0.312 e. The molecule has 0 heterocycles. The highest BCUT2D eigenvalue weighted by Gasteiger charge is 2.28. The molecule has 0 aliphatic carbocycles. The molecule has 1 N–H and O–H groups in total. The molecule has 0 amide bonds. The molecule has 0 fully saturated rings. The van der Waals surface area contributed by atoms with Gasteiger partial charge in [-0.3, -0.25) is 4.52 Å². The first kappa shape index (κ1) is 72.1. The van der Waals surface area contributed by atoms with Crippen LogP contribution >= 0.6 is 7.75 Å². The minimum atomic E-state index is -3.73. The predicted octanol–water partition coefficient (Wildman–Crippen LogP) is 25.3. The second kappa shape index (κ2) is 63.6. The van der Waals surface area contributed by atoms with E-state index in [1.807, 2.05) is 4.67 Å². The molecule has 72 heavy (non-hydrogen) atoms. The summed E-state index contributed by atoms with van der Waals surface area (Å²) < 4.78 is 21.0. The van der Waals surface area contributed by atoms with Crippen molar-refractivity contribution in [1.29, 1.82) is 0 Å². The molecule has 4 nitrogen and oxygen atoms in total. The molecule has 0 aliphatic rings. The van der Waals surface area contributed by atoms with E-state index < -0.39 is 7.75 Å². The van der Waals surface area contributed by atoms with E-state index >= 15 is 0 Å². The molecule has 0 rings (SSSR count). The third kappa shape index (κ3) is 59.4. The van der Waals surface area contributed by atoms with Crippen molar-refractivity contribution in [2.45, 2.75) is 412 Å². The average Bonchev–Trinajstić information content (AvgIpc) is 3.38. The summed E-state index contributed by atoms with van der Waals surface area (Å²) in [6.07, 6.45) is 84.4. The molecule has 434 valence electrons. The van der Waals surface area contributed by atoms with Crippen LogP contribution < -0.4 is 0 Å². The lowest BCUT2D eigenvalue weighted by molar-refractivity contribution is 0.194. The Bertz CT molecular complexity index is 948. The first-order chi connectivity index (χ1) is 35.6. The average molecular weight is 1040 g/mol. The van der Waals surface area contributed by atoms with Crippen LogP contribution in [0.2, 0.25) is 0 Å². The molecule has 5 heteroatoms. The Morgan fingerprint density at radius 2 is 0.375 bits per heavy atom. The van der Waals surface area contributed by atoms with Gasteiger partial charge in [0, 0.05) is 13.1 Å². The Hall–Kier alpha value is 0.110. The maximum Gasteiger partial charge on any atom is 0.405 e. The van der Waals surface area contributed by atoms with Gasteiger partial charge in [0.15, 0.2) is 0 Å². The molecule has 0 aliphatic heterocycles. The largest absolute Gasteiger partial charge is 0.405 e. The molecule has 0 radical (unpaired) electrons. The van der Waals surface area contributed by atoms with Gasteiger partial charge >= 0.3 is 7.75 Å². The predicted molar refractivity (Wildman–Crippen MR) is 326 cm³/mol. The van der Waals surface area contributed by atoms with Crippen molar-refractivity contribution >= 4 is 7.75 Å². The highest BCUT2D eigenvalue weighted by molar-refractivity contribution is 7.50. The van der Waals surface area contributed by atoms with E-state index in [1.54, 1.807) is 0 Å². The Morgan fingerprint density at radius 1 is 0.236 bits per heavy atom. The van der Waals surface area contributed by atoms with E-state index in [0.717, 1.165) is 38.5 Å². The van der Waals surface area contributed by atoms with Gasteiger partial charge in [-0.15, -0.1) is 0 Å². The van der Waals surface area contributed by atoms with Crippen LogP contribution in [0.25, 0.3) is 0 Å². The zero-order valence-corrected chi connectivity index (χ0v) is 51.3. The highest BCUT2D eigenvalue weighted by atomic mass is 31.2. The molecule has 0 aromatic heterocycles. The number of hydrogen-bond donors (Lipinski definition) is 1. The summed E-state index contributed by atoms with van der Waals surface area (Å²) in [6.45, 7) is 8.65. The van der Waals surface area contributed by atoms with Crippen molar-refractivity contribution in [1.82, 2.24) is 4.67 Å². The van der Waals surface area contributed by atoms with Crippen LogP contribution in [0.3, 0.4) is 0 Å². The Balaban J connectivity index is 3.79. The number of unbranched alkanes of at least 4 members (excludes halogenated alkanes) is 58. The maximum atomic E-state index is 13.4. The maximum absolute atomic E-state index is 13.4. The number of nitrogens with zero attached hydrogens (tertiary/aromatic N) is 1. The second-order valence-corrected chi connectivity index (χ2v) is 25.6. The van der Waals surface area contributed by atoms with Crippen molar-refractivity contribution in [3.8, 4) is 0 Å². The first-order valence-corrected chi connectivity index (χ1v) is 35.8. The normalized spacial score (nSPS) is 12.7. The van der Waals surface area contributed by atoms with E-state index in [-0.39, 0.29) is 0 Å². The van der Waals surface area contributed by atoms with Crippen LogP contribution in [-0.2, 0) is 9.09 Å². The third-order valence-corrected chi connectivity index (χ3v) is 18.0. The number of rotatable bonds is 66. The van der Waals surface area contributed by atoms with Crippen molar-refractivity contribution in [2.24, 2.45) is 0 Å². The summed E-state index contributed by atoms with van der Waals surface area (Å²) in [6, 6.07) is 0. The van der Waals surface area contributed by atoms with Crippen LogP contribution in [0.4, 0.5) is 0 Å². The van der Waals surface area contributed by atoms with Crippen LogP contribution in [0, 0.1) is 0 Å². The zero-order chi connectivity index (χ0) is 52.0. The molecule has 0 bridgehead atoms. The fourth-order valence-corrected chi connectivity index (χ4v) is 12.6. The second-order valence-electron chi connectivity index (χ2n) is 23.8. The lowest BCUT2D eigenvalue weighted by Gasteiger charge is -2.26. The van der Waals surface area contributed by atoms with Crippen LogP contribution in [-0.4, -0.2) is 29.3 Å². The van der Waals surface area contributed by atoms with E-state index in [9.17, 15) is 9.46 Å². The fourth-order valence-electron chi connectivity index (χ4n) is 11.3. The standard InChI is InChI=1S/C67H138NO3P/c1-4-7-10-13-15-17-19-21-23-25-27-29-31-33-35-37-39-41-43-45-47-49-51-53-55-57-59-62-65-68(72(69,70)71-67-64-61-12-9-6-3)66-63-60-58-56-54-52-50-48-46-44-42-40-38-36-34-32-30-28-26-24-22-20-18-16-14-11-8-5-2/h4-67H2,1-3H3,(H,69,70). The molecule has 0 saturated heterocycles. The summed E-state index contributed by atoms with van der Waals surface area (Å²) in [7, 11) is -3.73. The molecule has 0 saturated carbocycles. The zero-order valence-electron chi connectivity index (χ0n) is 50.4. The van der Waals surface area contributed by atoms with Gasteiger partial charge in [-0.1, -0.05) is 393 Å². The van der Waals surface area contributed by atoms with Gasteiger partial charge in [0.1, 0.15) is 0 Å². The van der Waals surface area contributed by atoms with Gasteiger partial charge in [0.25, 0.3) is 0 Å². The summed E-state index contributed by atoms with van der Waals surface area (Å²) in [5.41, 5.74) is 0. The quantitative estimate of drug-likeness (QED) is 0.0487. The lowest BCUT2D eigenvalue weighted by Crippen LogP contribution is -2.24. The summed E-state index contributed by atoms with van der Waals surface area (Å²) in [5, 5.41) is 0. The Labute approximate surface area is 456 Å². The van der Waals surface area contributed by atoms with Gasteiger partial charge in [-0.05, 0) is 19.3 Å². The van der Waals surface area contributed by atoms with Crippen molar-refractivity contribution in [3.63, 3.8) is 0 Å². The minimum absolute atomic E-state index is 0.410. The Kier molecular flexibility index (Phi) is 63.7. The van der Waals surface area contributed by atoms with Gasteiger partial charge in [-0.25, -0.2) is 9.24 Å². The number of hydrogen-bond acceptors (Lipinski definition) is 2. The molecule has 0 aromatic rings. The van der Waals surface area contributed by atoms with Crippen molar-refractivity contribution in [3.05, 3.63) is 0 Å². The van der Waals surface area contributed by atoms with Gasteiger partial charge < -0.3 is 4.89 Å². The Morgan fingerprint density at radius 3 is 0.542 bits per heavy atom. The van der Waals surface area contributed by atoms with E-state index in [1.165, 1.54) is 353 Å². The first-order valence-electron chi connectivity index (χ1n) is 34.3. The van der Waals surface area contributed by atoms with Crippen LogP contribution in [0.1, 0.15) is 412 Å². The van der Waals surface area contributed by atoms with Crippen LogP contribution in [0.5, 0.6) is 0 Å². The molecule has 0 aromatic carbocycles. The van der Waals surface area contributed by atoms with Gasteiger partial charge in [-0.2, -0.15) is 0 Å². The van der Waals surface area contributed by atoms with E-state index in [4.69, 9.17) is 4.52 Å². The fraction of sp³-hybridized carbons (Fsp3) is 1.00. The highest BCUT2D eigenvalue weighted by Crippen LogP contribution is 2.47. The van der Waals surface area contributed by atoms with E-state index in [2.05, 4.69) is 20.8 Å². The SMILES string of the molecule is CCCCCCCCCCCCCCCCCCCCCCCCCCCCCCN(CCCCCCCCCCCCCCCCCCCCCCCCCCCCCC)P(=O)(O)OCCCCCCC. The van der Waals surface area contributed by atoms with Crippen LogP contribution in [0.15, 0.2) is 0 Å². The summed E-state index contributed by atoms with van der Waals surface area (Å²) in [5.74, 6) is 0. The summed E-state index contributed by atoms with van der Waals surface area (Å²) in [4.78, 5) is 11.0. The van der Waals surface area contributed by atoms with E-state index in [0.29, 0.717) is 19.7 Å². The van der Waals surface area contributed by atoms with Gasteiger partial charge in [0.2, 0.25) is 0 Å². The summed E-state index contributed by atoms with van der Waals surface area (Å²) >= 11 is 0. The molecular weight excluding hydrogens is 898 g/mol. The third-order valence-electron chi connectivity index (χ3n) is 16.4. The monoisotopic (exact) mass is 1040 g/mol. The topological polar surface area (TPSA) is 49.8 Å². The van der Waals surface area contributed by atoms with Crippen molar-refractivity contribution < 1.29 is 14.0 Å². The van der Waals surface area contributed by atoms with Gasteiger partial charge in [0.05, 0.1) is 6.61 Å². The minimum Gasteiger partial charge on any atom is -0.312 e. The molecule has 1 atom stereocenters. The van der Waals surface area contributed by atoms with Crippen molar-refractivity contribution in [2.75, 3.05) is 19.7 Å². The molecule has 1 unspecified atom stereocenters. The lowest BCUT2D eigenvalue weighted by atomic mass is 10.0. The molecular formula is C67H138NO3P.